The maximum Gasteiger partial charge on any atom is 0.335 e. The fourth-order valence-electron chi connectivity index (χ4n) is 6.77. The average Bonchev–Trinajstić information content (AvgIpc) is 3.71. The highest BCUT2D eigenvalue weighted by molar-refractivity contribution is 6.30. The number of benzene rings is 2. The van der Waals surface area contributed by atoms with Crippen LogP contribution in [0.25, 0.3) is 16.6 Å². The number of hydrogen-bond donors (Lipinski definition) is 1. The molecule has 0 atom stereocenters. The molecule has 1 N–H and O–H groups in total. The van der Waals surface area contributed by atoms with Gasteiger partial charge in [0.15, 0.2) is 5.82 Å². The lowest BCUT2D eigenvalue weighted by Crippen LogP contribution is -2.57. The number of methoxy groups -OCH3 is 1. The van der Waals surface area contributed by atoms with Gasteiger partial charge in [-0.1, -0.05) is 23.7 Å². The number of carbonyl (C=O) groups is 1. The Kier molecular flexibility index (Phi) is 7.60. The number of carboxylic acids is 1. The lowest BCUT2D eigenvalue weighted by molar-refractivity contribution is 0.0697. The molecule has 1 spiro atoms. The predicted octanol–water partition coefficient (Wildman–Crippen LogP) is 7.28. The number of pyridine rings is 1. The number of rotatable bonds is 10. The maximum absolute atomic E-state index is 14.7. The van der Waals surface area contributed by atoms with Crippen LogP contribution in [0.1, 0.15) is 60.1 Å². The number of hydrogen-bond acceptors (Lipinski definition) is 7. The van der Waals surface area contributed by atoms with Crippen molar-refractivity contribution in [2.75, 3.05) is 25.1 Å². The number of anilines is 1. The van der Waals surface area contributed by atoms with E-state index in [4.69, 9.17) is 26.1 Å². The number of nitriles is 1. The zero-order chi connectivity index (χ0) is 32.1. The number of aromatic nitrogens is 3. The number of imidazole rings is 1. The second-order valence-corrected chi connectivity index (χ2v) is 13.3. The van der Waals surface area contributed by atoms with Crippen LogP contribution in [0.4, 0.5) is 10.3 Å². The largest absolute Gasteiger partial charge is 0.496 e. The van der Waals surface area contributed by atoms with Gasteiger partial charge in [0, 0.05) is 47.5 Å². The third kappa shape index (κ3) is 5.64. The van der Waals surface area contributed by atoms with Crippen LogP contribution in [0, 0.1) is 28.0 Å². The molecule has 1 saturated carbocycles. The number of allylic oxidation sites excluding steroid dienone is 2. The Morgan fingerprint density at radius 3 is 2.65 bits per heavy atom. The van der Waals surface area contributed by atoms with Gasteiger partial charge < -0.3 is 24.0 Å². The minimum atomic E-state index is -0.974. The standard InChI is InChI=1S/C35H33ClFN5O4/c1-45-30-17-25(36)4-2-24(30)18-46-31-26(37)5-7-27(39-31)22-8-10-35(11-9-22)19-41(20-35)33-40-28-6-3-23(32(43)44)16-29(28)42(33)21-34(12-13-34)14-15-38/h2-8,16-17H,9-14,18-21H2,1H3,(H,43,44). The summed E-state index contributed by atoms with van der Waals surface area (Å²) in [6.07, 6.45) is 7.26. The van der Waals surface area contributed by atoms with Crippen molar-refractivity contribution >= 4 is 40.1 Å². The summed E-state index contributed by atoms with van der Waals surface area (Å²) in [7, 11) is 1.55. The number of carboxylic acid groups (broad SMARTS) is 1. The summed E-state index contributed by atoms with van der Waals surface area (Å²) < 4.78 is 28.0. The van der Waals surface area contributed by atoms with Crippen LogP contribution in [0.3, 0.4) is 0 Å². The third-order valence-electron chi connectivity index (χ3n) is 9.68. The maximum atomic E-state index is 14.7. The lowest BCUT2D eigenvalue weighted by atomic mass is 9.69. The quantitative estimate of drug-likeness (QED) is 0.192. The van der Waals surface area contributed by atoms with Gasteiger partial charge in [-0.05, 0) is 80.1 Å². The van der Waals surface area contributed by atoms with Crippen LogP contribution in [-0.4, -0.2) is 45.8 Å². The SMILES string of the molecule is COc1cc(Cl)ccc1COc1nc(C2=CCC3(CC2)CN(c2nc4ccc(C(=O)O)cc4n2CC2(CC#N)CC2)C3)ccc1F. The number of nitrogens with zero attached hydrogens (tertiary/aromatic N) is 5. The first kappa shape index (κ1) is 30.1. The molecule has 11 heteroatoms. The Morgan fingerprint density at radius 2 is 1.96 bits per heavy atom. The first-order valence-corrected chi connectivity index (χ1v) is 15.7. The minimum absolute atomic E-state index is 0.0553. The normalized spacial score (nSPS) is 17.7. The zero-order valence-electron chi connectivity index (χ0n) is 25.4. The lowest BCUT2D eigenvalue weighted by Gasteiger charge is -2.52. The van der Waals surface area contributed by atoms with Crippen molar-refractivity contribution in [3.63, 3.8) is 0 Å². The van der Waals surface area contributed by atoms with E-state index in [9.17, 15) is 19.6 Å². The molecule has 3 heterocycles. The van der Waals surface area contributed by atoms with Gasteiger partial charge in [0.05, 0.1) is 35.5 Å². The topological polar surface area (TPSA) is 114 Å². The molecule has 2 aromatic heterocycles. The van der Waals surface area contributed by atoms with Gasteiger partial charge >= 0.3 is 5.97 Å². The molecule has 2 aliphatic carbocycles. The van der Waals surface area contributed by atoms with Crippen LogP contribution in [-0.2, 0) is 13.2 Å². The molecule has 0 radical (unpaired) electrons. The Balaban J connectivity index is 1.07. The molecule has 236 valence electrons. The van der Waals surface area contributed by atoms with E-state index < -0.39 is 11.8 Å². The first-order valence-electron chi connectivity index (χ1n) is 15.4. The Labute approximate surface area is 270 Å². The van der Waals surface area contributed by atoms with Crippen molar-refractivity contribution in [3.8, 4) is 17.7 Å². The number of ether oxygens (including phenoxy) is 2. The fourth-order valence-corrected chi connectivity index (χ4v) is 6.93. The molecule has 4 aromatic rings. The van der Waals surface area contributed by atoms with Gasteiger partial charge in [-0.2, -0.15) is 5.26 Å². The van der Waals surface area contributed by atoms with E-state index in [0.29, 0.717) is 29.4 Å². The molecule has 0 bridgehead atoms. The van der Waals surface area contributed by atoms with Crippen molar-refractivity contribution in [2.24, 2.45) is 10.8 Å². The molecular formula is C35H33ClFN5O4. The highest BCUT2D eigenvalue weighted by Crippen LogP contribution is 2.52. The van der Waals surface area contributed by atoms with E-state index in [-0.39, 0.29) is 28.9 Å². The molecule has 9 nitrogen and oxygen atoms in total. The molecule has 0 amide bonds. The van der Waals surface area contributed by atoms with Crippen LogP contribution in [0.15, 0.2) is 54.6 Å². The summed E-state index contributed by atoms with van der Waals surface area (Å²) in [6.45, 7) is 2.39. The number of halogens is 2. The Hall–Kier alpha value is -4.62. The van der Waals surface area contributed by atoms with Gasteiger partial charge in [0.25, 0.3) is 5.88 Å². The van der Waals surface area contributed by atoms with E-state index in [1.807, 2.05) is 0 Å². The zero-order valence-corrected chi connectivity index (χ0v) is 26.2. The summed E-state index contributed by atoms with van der Waals surface area (Å²) in [5, 5.41) is 19.6. The molecule has 2 fully saturated rings. The fraction of sp³-hybridized carbons (Fsp3) is 0.371. The Morgan fingerprint density at radius 1 is 1.13 bits per heavy atom. The highest BCUT2D eigenvalue weighted by Gasteiger charge is 2.47. The van der Waals surface area contributed by atoms with Gasteiger partial charge in [0.1, 0.15) is 12.4 Å². The van der Waals surface area contributed by atoms with E-state index in [1.54, 1.807) is 49.6 Å². The van der Waals surface area contributed by atoms with E-state index in [1.165, 1.54) is 6.07 Å². The van der Waals surface area contributed by atoms with Gasteiger partial charge in [-0.15, -0.1) is 0 Å². The summed E-state index contributed by atoms with van der Waals surface area (Å²) in [6, 6.07) is 15.7. The minimum Gasteiger partial charge on any atom is -0.496 e. The smallest absolute Gasteiger partial charge is 0.335 e. The average molecular weight is 642 g/mol. The first-order chi connectivity index (χ1) is 22.2. The van der Waals surface area contributed by atoms with Crippen molar-refractivity contribution in [1.82, 2.24) is 14.5 Å². The molecule has 1 saturated heterocycles. The van der Waals surface area contributed by atoms with E-state index in [0.717, 1.165) is 73.3 Å². The second kappa shape index (κ2) is 11.6. The van der Waals surface area contributed by atoms with Crippen LogP contribution < -0.4 is 14.4 Å². The van der Waals surface area contributed by atoms with E-state index in [2.05, 4.69) is 26.6 Å². The van der Waals surface area contributed by atoms with Crippen LogP contribution >= 0.6 is 11.6 Å². The molecule has 0 unspecified atom stereocenters. The summed E-state index contributed by atoms with van der Waals surface area (Å²) in [5.41, 5.74) is 4.30. The van der Waals surface area contributed by atoms with Crippen LogP contribution in [0.5, 0.6) is 11.6 Å². The Bertz CT molecular complexity index is 1920. The van der Waals surface area contributed by atoms with Gasteiger partial charge in [-0.25, -0.2) is 19.2 Å². The number of aromatic carboxylic acids is 1. The molecule has 1 aliphatic heterocycles. The molecule has 46 heavy (non-hydrogen) atoms. The van der Waals surface area contributed by atoms with Crippen molar-refractivity contribution in [3.05, 3.63) is 82.3 Å². The second-order valence-electron chi connectivity index (χ2n) is 12.9. The molecule has 2 aromatic carbocycles. The van der Waals surface area contributed by atoms with Crippen molar-refractivity contribution in [1.29, 1.82) is 5.26 Å². The van der Waals surface area contributed by atoms with Crippen molar-refractivity contribution < 1.29 is 23.8 Å². The summed E-state index contributed by atoms with van der Waals surface area (Å²) in [4.78, 5) is 23.5. The summed E-state index contributed by atoms with van der Waals surface area (Å²) >= 11 is 6.06. The van der Waals surface area contributed by atoms with Crippen molar-refractivity contribution in [2.45, 2.75) is 51.7 Å². The molecule has 3 aliphatic rings. The van der Waals surface area contributed by atoms with Gasteiger partial charge in [-0.3, -0.25) is 0 Å². The number of fused-ring (bicyclic) bond motifs is 1. The molecular weight excluding hydrogens is 609 g/mol. The third-order valence-corrected chi connectivity index (χ3v) is 9.91. The highest BCUT2D eigenvalue weighted by atomic mass is 35.5. The van der Waals surface area contributed by atoms with Crippen LogP contribution in [0.2, 0.25) is 5.02 Å². The molecule has 7 rings (SSSR count). The van der Waals surface area contributed by atoms with E-state index >= 15 is 0 Å². The predicted molar refractivity (Wildman–Crippen MR) is 172 cm³/mol. The summed E-state index contributed by atoms with van der Waals surface area (Å²) in [5.74, 6) is -0.158. The van der Waals surface area contributed by atoms with Gasteiger partial charge in [0.2, 0.25) is 5.95 Å². The monoisotopic (exact) mass is 641 g/mol.